The maximum absolute atomic E-state index is 11.8. The topological polar surface area (TPSA) is 72.5 Å². The number of ether oxygens (including phenoxy) is 1. The first-order valence-electron chi connectivity index (χ1n) is 5.95. The molecular formula is C15H15NO3. The monoisotopic (exact) mass is 257 g/mol. The number of rotatable bonds is 4. The van der Waals surface area contributed by atoms with Crippen LogP contribution in [-0.4, -0.2) is 17.1 Å². The quantitative estimate of drug-likeness (QED) is 0.648. The molecule has 0 amide bonds. The van der Waals surface area contributed by atoms with E-state index < -0.39 is 12.0 Å². The van der Waals surface area contributed by atoms with E-state index in [1.165, 1.54) is 0 Å². The number of carbonyl (C=O) groups is 1. The molecule has 0 saturated carbocycles. The molecule has 19 heavy (non-hydrogen) atoms. The molecule has 0 aromatic heterocycles. The average Bonchev–Trinajstić information content (AvgIpc) is 2.42. The summed E-state index contributed by atoms with van der Waals surface area (Å²) >= 11 is 0. The van der Waals surface area contributed by atoms with E-state index in [0.29, 0.717) is 12.2 Å². The number of hydrogen-bond acceptors (Lipinski definition) is 4. The van der Waals surface area contributed by atoms with Gasteiger partial charge in [-0.2, -0.15) is 0 Å². The number of phenols is 1. The highest BCUT2D eigenvalue weighted by atomic mass is 16.5. The van der Waals surface area contributed by atoms with Gasteiger partial charge in [-0.3, -0.25) is 0 Å². The number of carbonyl (C=O) groups excluding carboxylic acids is 1. The van der Waals surface area contributed by atoms with E-state index in [2.05, 4.69) is 0 Å². The Morgan fingerprint density at radius 1 is 1.11 bits per heavy atom. The largest absolute Gasteiger partial charge is 0.508 e. The number of hydrogen-bond donors (Lipinski definition) is 2. The molecule has 0 spiro atoms. The molecule has 4 nitrogen and oxygen atoms in total. The Bertz CT molecular complexity index is 537. The molecule has 0 radical (unpaired) electrons. The van der Waals surface area contributed by atoms with Gasteiger partial charge in [0.25, 0.3) is 0 Å². The Morgan fingerprint density at radius 2 is 1.74 bits per heavy atom. The van der Waals surface area contributed by atoms with Gasteiger partial charge in [0.05, 0.1) is 0 Å². The lowest BCUT2D eigenvalue weighted by Gasteiger charge is -2.11. The van der Waals surface area contributed by atoms with Crippen molar-refractivity contribution >= 4 is 5.97 Å². The first kappa shape index (κ1) is 13.1. The smallest absolute Gasteiger partial charge is 0.328 e. The molecule has 1 atom stereocenters. The molecular weight excluding hydrogens is 242 g/mol. The Labute approximate surface area is 111 Å². The molecule has 1 unspecified atom stereocenters. The fraction of sp³-hybridized carbons (Fsp3) is 0.133. The van der Waals surface area contributed by atoms with Crippen molar-refractivity contribution in [1.29, 1.82) is 0 Å². The number of benzene rings is 2. The van der Waals surface area contributed by atoms with Crippen molar-refractivity contribution in [2.45, 2.75) is 12.5 Å². The summed E-state index contributed by atoms with van der Waals surface area (Å²) in [5.41, 5.74) is 6.67. The van der Waals surface area contributed by atoms with Gasteiger partial charge in [-0.15, -0.1) is 0 Å². The van der Waals surface area contributed by atoms with Crippen LogP contribution in [0.5, 0.6) is 11.5 Å². The lowest BCUT2D eigenvalue weighted by atomic mass is 10.1. The fourth-order valence-corrected chi connectivity index (χ4v) is 1.65. The van der Waals surface area contributed by atoms with E-state index >= 15 is 0 Å². The average molecular weight is 257 g/mol. The van der Waals surface area contributed by atoms with Crippen molar-refractivity contribution in [1.82, 2.24) is 0 Å². The zero-order valence-corrected chi connectivity index (χ0v) is 10.3. The lowest BCUT2D eigenvalue weighted by Crippen LogP contribution is -2.36. The van der Waals surface area contributed by atoms with E-state index in [0.717, 1.165) is 5.56 Å². The minimum atomic E-state index is -0.732. The normalized spacial score (nSPS) is 11.8. The molecule has 0 aliphatic rings. The van der Waals surface area contributed by atoms with Crippen molar-refractivity contribution in [3.8, 4) is 11.5 Å². The zero-order valence-electron chi connectivity index (χ0n) is 10.3. The highest BCUT2D eigenvalue weighted by Crippen LogP contribution is 2.13. The van der Waals surface area contributed by atoms with Crippen molar-refractivity contribution in [3.05, 3.63) is 60.2 Å². The van der Waals surface area contributed by atoms with Gasteiger partial charge in [-0.05, 0) is 36.2 Å². The van der Waals surface area contributed by atoms with Crippen LogP contribution in [0.15, 0.2) is 54.6 Å². The van der Waals surface area contributed by atoms with Gasteiger partial charge >= 0.3 is 5.97 Å². The molecule has 4 heteroatoms. The van der Waals surface area contributed by atoms with E-state index in [1.807, 2.05) is 6.07 Å². The molecule has 2 rings (SSSR count). The molecule has 0 bridgehead atoms. The second-order valence-electron chi connectivity index (χ2n) is 4.21. The Balaban J connectivity index is 1.94. The first-order valence-corrected chi connectivity index (χ1v) is 5.95. The van der Waals surface area contributed by atoms with Crippen LogP contribution in [0.3, 0.4) is 0 Å². The number of nitrogens with two attached hydrogens (primary N) is 1. The van der Waals surface area contributed by atoms with Crippen LogP contribution < -0.4 is 10.5 Å². The molecule has 98 valence electrons. The second-order valence-corrected chi connectivity index (χ2v) is 4.21. The molecule has 3 N–H and O–H groups in total. The first-order chi connectivity index (χ1) is 9.15. The third-order valence-corrected chi connectivity index (χ3v) is 2.66. The minimum Gasteiger partial charge on any atom is -0.508 e. The van der Waals surface area contributed by atoms with Gasteiger partial charge in [0, 0.05) is 0 Å². The molecule has 2 aromatic carbocycles. The van der Waals surface area contributed by atoms with Crippen LogP contribution in [-0.2, 0) is 11.2 Å². The summed E-state index contributed by atoms with van der Waals surface area (Å²) in [5, 5.41) is 9.17. The number of esters is 1. The highest BCUT2D eigenvalue weighted by molar-refractivity contribution is 5.78. The standard InChI is InChI=1S/C15H15NO3/c16-14(10-11-6-8-12(17)9-7-11)15(18)19-13-4-2-1-3-5-13/h1-9,14,17H,10,16H2. The third kappa shape index (κ3) is 3.82. The van der Waals surface area contributed by atoms with E-state index in [1.54, 1.807) is 48.5 Å². The lowest BCUT2D eigenvalue weighted by molar-refractivity contribution is -0.135. The van der Waals surface area contributed by atoms with Crippen molar-refractivity contribution in [2.24, 2.45) is 5.73 Å². The van der Waals surface area contributed by atoms with Gasteiger partial charge in [0.1, 0.15) is 17.5 Å². The summed E-state index contributed by atoms with van der Waals surface area (Å²) in [4.78, 5) is 11.8. The van der Waals surface area contributed by atoms with E-state index in [9.17, 15) is 9.90 Å². The van der Waals surface area contributed by atoms with E-state index in [-0.39, 0.29) is 5.75 Å². The zero-order chi connectivity index (χ0) is 13.7. The van der Waals surface area contributed by atoms with Gasteiger partial charge < -0.3 is 15.6 Å². The van der Waals surface area contributed by atoms with Crippen LogP contribution >= 0.6 is 0 Å². The summed E-state index contributed by atoms with van der Waals surface area (Å²) < 4.78 is 5.16. The van der Waals surface area contributed by atoms with E-state index in [4.69, 9.17) is 10.5 Å². The Kier molecular flexibility index (Phi) is 4.15. The predicted octanol–water partition coefficient (Wildman–Crippen LogP) is 1.87. The van der Waals surface area contributed by atoms with Crippen molar-refractivity contribution < 1.29 is 14.6 Å². The molecule has 0 fully saturated rings. The Morgan fingerprint density at radius 3 is 2.37 bits per heavy atom. The maximum Gasteiger partial charge on any atom is 0.328 e. The summed E-state index contributed by atoms with van der Waals surface area (Å²) in [7, 11) is 0. The van der Waals surface area contributed by atoms with Gasteiger partial charge in [0.2, 0.25) is 0 Å². The fourth-order valence-electron chi connectivity index (χ4n) is 1.65. The molecule has 0 aliphatic heterocycles. The van der Waals surface area contributed by atoms with Crippen molar-refractivity contribution in [3.63, 3.8) is 0 Å². The maximum atomic E-state index is 11.8. The summed E-state index contributed by atoms with van der Waals surface area (Å²) in [5.74, 6) is 0.192. The second kappa shape index (κ2) is 6.02. The van der Waals surface area contributed by atoms with Crippen LogP contribution in [0.1, 0.15) is 5.56 Å². The molecule has 0 aliphatic carbocycles. The van der Waals surface area contributed by atoms with Gasteiger partial charge in [0.15, 0.2) is 0 Å². The van der Waals surface area contributed by atoms with Crippen LogP contribution in [0, 0.1) is 0 Å². The predicted molar refractivity (Wildman–Crippen MR) is 71.9 cm³/mol. The number of phenolic OH excluding ortho intramolecular Hbond substituents is 1. The SMILES string of the molecule is NC(Cc1ccc(O)cc1)C(=O)Oc1ccccc1. The van der Waals surface area contributed by atoms with Crippen molar-refractivity contribution in [2.75, 3.05) is 0 Å². The third-order valence-electron chi connectivity index (χ3n) is 2.66. The molecule has 0 saturated heterocycles. The van der Waals surface area contributed by atoms with Crippen LogP contribution in [0.4, 0.5) is 0 Å². The van der Waals surface area contributed by atoms with Crippen LogP contribution in [0.2, 0.25) is 0 Å². The highest BCUT2D eigenvalue weighted by Gasteiger charge is 2.16. The number of aromatic hydroxyl groups is 1. The molecule has 2 aromatic rings. The molecule has 0 heterocycles. The van der Waals surface area contributed by atoms with Gasteiger partial charge in [-0.1, -0.05) is 30.3 Å². The summed E-state index contributed by atoms with van der Waals surface area (Å²) in [6.07, 6.45) is 0.367. The van der Waals surface area contributed by atoms with Gasteiger partial charge in [-0.25, -0.2) is 4.79 Å². The summed E-state index contributed by atoms with van der Waals surface area (Å²) in [6.45, 7) is 0. The Hall–Kier alpha value is -2.33. The van der Waals surface area contributed by atoms with Crippen LogP contribution in [0.25, 0.3) is 0 Å². The number of para-hydroxylation sites is 1. The summed E-state index contributed by atoms with van der Waals surface area (Å²) in [6, 6.07) is 14.7. The minimum absolute atomic E-state index is 0.184.